The van der Waals surface area contributed by atoms with Crippen LogP contribution in [0.25, 0.3) is 56.0 Å². The number of imidazole rings is 1. The number of aromatic amines is 2. The Morgan fingerprint density at radius 3 is 2.64 bits per heavy atom. The number of carbonyl (C=O) groups is 1. The van der Waals surface area contributed by atoms with Crippen LogP contribution in [-0.4, -0.2) is 56.5 Å². The second-order valence-corrected chi connectivity index (χ2v) is 13.9. The number of rotatable bonds is 8. The molecule has 1 amide bonds. The van der Waals surface area contributed by atoms with Gasteiger partial charge in [-0.2, -0.15) is 5.10 Å². The molecule has 10 nitrogen and oxygen atoms in total. The quantitative estimate of drug-likeness (QED) is 0.186. The van der Waals surface area contributed by atoms with Crippen molar-refractivity contribution in [2.45, 2.75) is 32.1 Å². The molecule has 0 saturated heterocycles. The maximum Gasteiger partial charge on any atom is 0.227 e. The van der Waals surface area contributed by atoms with Gasteiger partial charge in [0.15, 0.2) is 11.5 Å². The lowest BCUT2D eigenvalue weighted by molar-refractivity contribution is -0.119. The number of carbonyl (C=O) groups excluding carboxylic acids is 1. The van der Waals surface area contributed by atoms with Gasteiger partial charge in [0.05, 0.1) is 39.9 Å². The maximum absolute atomic E-state index is 14.6. The summed E-state index contributed by atoms with van der Waals surface area (Å²) in [4.78, 5) is 30.1. The first-order chi connectivity index (χ1) is 21.7. The van der Waals surface area contributed by atoms with E-state index in [9.17, 15) is 17.6 Å². The summed E-state index contributed by atoms with van der Waals surface area (Å²) in [7, 11) is -3.19. The van der Waals surface area contributed by atoms with E-state index in [0.717, 1.165) is 36.8 Å². The Labute approximate surface area is 258 Å². The molecule has 3 N–H and O–H groups in total. The van der Waals surface area contributed by atoms with E-state index in [2.05, 4.69) is 25.5 Å². The predicted octanol–water partition coefficient (Wildman–Crippen LogP) is 6.09. The number of aryl methyl sites for hydroxylation is 1. The molecule has 2 aromatic carbocycles. The standard InChI is InChI=1S/C33H30FN7O3S/c1-45(43,44)12-11-19-13-21(15-23(34)14-19)25-7-4-8-27-29(25)39-32(38-27)31-30-28(40-41-31)10-9-26(37-30)22-16-24(18-35-17-22)36-33(42)20-5-2-3-6-20/h4,7-10,13-18,20H,2-3,5-6,11-12H2,1H3,(H,36,42)(H,38,39)(H,40,41). The second kappa shape index (κ2) is 11.5. The van der Waals surface area contributed by atoms with Crippen molar-refractivity contribution in [3.8, 4) is 33.9 Å². The Morgan fingerprint density at radius 1 is 0.978 bits per heavy atom. The van der Waals surface area contributed by atoms with Gasteiger partial charge in [-0.15, -0.1) is 0 Å². The number of amides is 1. The topological polar surface area (TPSA) is 146 Å². The third kappa shape index (κ3) is 6.05. The van der Waals surface area contributed by atoms with Gasteiger partial charge in [0, 0.05) is 29.5 Å². The van der Waals surface area contributed by atoms with Gasteiger partial charge in [-0.1, -0.05) is 31.0 Å². The molecule has 4 heterocycles. The molecular weight excluding hydrogens is 593 g/mol. The summed E-state index contributed by atoms with van der Waals surface area (Å²) in [5, 5.41) is 10.5. The Balaban J connectivity index is 1.22. The molecule has 0 radical (unpaired) electrons. The van der Waals surface area contributed by atoms with Crippen LogP contribution < -0.4 is 5.32 Å². The van der Waals surface area contributed by atoms with E-state index in [-0.39, 0.29) is 24.0 Å². The Kier molecular flexibility index (Phi) is 7.36. The molecule has 228 valence electrons. The minimum atomic E-state index is -3.19. The zero-order valence-electron chi connectivity index (χ0n) is 24.5. The summed E-state index contributed by atoms with van der Waals surface area (Å²) in [6, 6.07) is 15.8. The van der Waals surface area contributed by atoms with E-state index in [1.54, 1.807) is 18.5 Å². The van der Waals surface area contributed by atoms with Gasteiger partial charge in [-0.05, 0) is 66.8 Å². The zero-order chi connectivity index (χ0) is 31.1. The Hall–Kier alpha value is -4.97. The Bertz CT molecular complexity index is 2190. The lowest BCUT2D eigenvalue weighted by atomic mass is 10.0. The molecule has 0 aliphatic heterocycles. The highest BCUT2D eigenvalue weighted by molar-refractivity contribution is 7.90. The number of halogens is 1. The fraction of sp³-hybridized carbons (Fsp3) is 0.242. The summed E-state index contributed by atoms with van der Waals surface area (Å²) < 4.78 is 38.0. The van der Waals surface area contributed by atoms with E-state index >= 15 is 0 Å². The number of nitrogens with zero attached hydrogens (tertiary/aromatic N) is 4. The van der Waals surface area contributed by atoms with Gasteiger partial charge < -0.3 is 10.3 Å². The number of anilines is 1. The lowest BCUT2D eigenvalue weighted by Crippen LogP contribution is -2.20. The molecule has 0 spiro atoms. The number of sulfone groups is 1. The first-order valence-electron chi connectivity index (χ1n) is 14.8. The zero-order valence-corrected chi connectivity index (χ0v) is 25.3. The Morgan fingerprint density at radius 2 is 1.82 bits per heavy atom. The molecule has 6 aromatic rings. The molecular formula is C33H30FN7O3S. The average Bonchev–Trinajstić information content (AvgIpc) is 3.79. The highest BCUT2D eigenvalue weighted by atomic mass is 32.2. The van der Waals surface area contributed by atoms with Crippen molar-refractivity contribution in [1.82, 2.24) is 30.1 Å². The first kappa shape index (κ1) is 28.8. The van der Waals surface area contributed by atoms with E-state index < -0.39 is 15.7 Å². The van der Waals surface area contributed by atoms with Crippen LogP contribution in [0.15, 0.2) is 67.0 Å². The summed E-state index contributed by atoms with van der Waals surface area (Å²) in [5.41, 5.74) is 7.10. The van der Waals surface area contributed by atoms with Crippen molar-refractivity contribution < 1.29 is 17.6 Å². The van der Waals surface area contributed by atoms with Crippen LogP contribution in [0.5, 0.6) is 0 Å². The van der Waals surface area contributed by atoms with E-state index in [0.29, 0.717) is 56.1 Å². The number of para-hydroxylation sites is 1. The summed E-state index contributed by atoms with van der Waals surface area (Å²) in [5.74, 6) is 0.0418. The fourth-order valence-electron chi connectivity index (χ4n) is 5.94. The van der Waals surface area contributed by atoms with E-state index in [1.165, 1.54) is 18.4 Å². The number of benzene rings is 2. The monoisotopic (exact) mass is 623 g/mol. The predicted molar refractivity (Wildman–Crippen MR) is 172 cm³/mol. The van der Waals surface area contributed by atoms with Gasteiger partial charge in [0.1, 0.15) is 21.2 Å². The molecule has 1 saturated carbocycles. The summed E-state index contributed by atoms with van der Waals surface area (Å²) in [6.45, 7) is 0. The van der Waals surface area contributed by atoms with Crippen LogP contribution in [-0.2, 0) is 21.1 Å². The number of nitrogens with one attached hydrogen (secondary N) is 3. The van der Waals surface area contributed by atoms with E-state index in [1.807, 2.05) is 36.4 Å². The van der Waals surface area contributed by atoms with Crippen molar-refractivity contribution in [2.24, 2.45) is 5.92 Å². The number of pyridine rings is 2. The van der Waals surface area contributed by atoms with Crippen LogP contribution in [0.1, 0.15) is 31.2 Å². The normalized spacial score (nSPS) is 14.0. The minimum Gasteiger partial charge on any atom is -0.336 e. The van der Waals surface area contributed by atoms with Crippen molar-refractivity contribution in [3.05, 3.63) is 78.4 Å². The number of hydrogen-bond donors (Lipinski definition) is 3. The molecule has 0 bridgehead atoms. The SMILES string of the molecule is CS(=O)(=O)CCc1cc(F)cc(-c2cccc3[nH]c(-c4n[nH]c5ccc(-c6cncc(NC(=O)C7CCCC7)c6)nc45)nc23)c1. The van der Waals surface area contributed by atoms with Crippen molar-refractivity contribution in [1.29, 1.82) is 0 Å². The largest absolute Gasteiger partial charge is 0.336 e. The van der Waals surface area contributed by atoms with Crippen molar-refractivity contribution in [2.75, 3.05) is 17.3 Å². The fourth-order valence-corrected chi connectivity index (χ4v) is 6.54. The molecule has 45 heavy (non-hydrogen) atoms. The van der Waals surface area contributed by atoms with E-state index in [4.69, 9.17) is 9.97 Å². The molecule has 0 unspecified atom stereocenters. The van der Waals surface area contributed by atoms with Crippen LogP contribution in [0, 0.1) is 11.7 Å². The van der Waals surface area contributed by atoms with Crippen LogP contribution in [0.4, 0.5) is 10.1 Å². The number of hydrogen-bond acceptors (Lipinski definition) is 7. The molecule has 0 atom stereocenters. The van der Waals surface area contributed by atoms with Gasteiger partial charge in [0.25, 0.3) is 0 Å². The average molecular weight is 624 g/mol. The van der Waals surface area contributed by atoms with Gasteiger partial charge in [-0.25, -0.2) is 22.8 Å². The summed E-state index contributed by atoms with van der Waals surface area (Å²) in [6.07, 6.45) is 8.72. The number of aromatic nitrogens is 6. The van der Waals surface area contributed by atoms with Crippen LogP contribution >= 0.6 is 0 Å². The smallest absolute Gasteiger partial charge is 0.227 e. The lowest BCUT2D eigenvalue weighted by Gasteiger charge is -2.11. The molecule has 1 fully saturated rings. The van der Waals surface area contributed by atoms with Crippen LogP contribution in [0.2, 0.25) is 0 Å². The highest BCUT2D eigenvalue weighted by Crippen LogP contribution is 2.33. The molecule has 7 rings (SSSR count). The third-order valence-electron chi connectivity index (χ3n) is 8.20. The second-order valence-electron chi connectivity index (χ2n) is 11.6. The van der Waals surface area contributed by atoms with Crippen molar-refractivity contribution >= 4 is 43.5 Å². The molecule has 1 aliphatic rings. The molecule has 12 heteroatoms. The van der Waals surface area contributed by atoms with Crippen LogP contribution in [0.3, 0.4) is 0 Å². The minimum absolute atomic E-state index is 0.0274. The third-order valence-corrected chi connectivity index (χ3v) is 9.15. The maximum atomic E-state index is 14.6. The van der Waals surface area contributed by atoms with Gasteiger partial charge in [0.2, 0.25) is 5.91 Å². The highest BCUT2D eigenvalue weighted by Gasteiger charge is 2.23. The molecule has 4 aromatic heterocycles. The first-order valence-corrected chi connectivity index (χ1v) is 16.8. The summed E-state index contributed by atoms with van der Waals surface area (Å²) >= 11 is 0. The van der Waals surface area contributed by atoms with Gasteiger partial charge >= 0.3 is 0 Å². The number of H-pyrrole nitrogens is 2. The molecule has 1 aliphatic carbocycles. The van der Waals surface area contributed by atoms with Crippen molar-refractivity contribution in [3.63, 3.8) is 0 Å². The number of fused-ring (bicyclic) bond motifs is 2. The van der Waals surface area contributed by atoms with Gasteiger partial charge in [-0.3, -0.25) is 14.9 Å².